The number of nitrogens with two attached hydrogens (primary N) is 1. The van der Waals surface area contributed by atoms with Gasteiger partial charge in [-0.15, -0.1) is 0 Å². The summed E-state index contributed by atoms with van der Waals surface area (Å²) in [5.74, 6) is -0.0671. The summed E-state index contributed by atoms with van der Waals surface area (Å²) >= 11 is 0. The van der Waals surface area contributed by atoms with E-state index in [2.05, 4.69) is 10.6 Å². The Kier molecular flexibility index (Phi) is 6.48. The summed E-state index contributed by atoms with van der Waals surface area (Å²) in [6.07, 6.45) is -0.105. The van der Waals surface area contributed by atoms with E-state index in [1.54, 1.807) is 6.92 Å². The molecule has 94 valence electrons. The third kappa shape index (κ3) is 7.05. The van der Waals surface area contributed by atoms with Crippen molar-refractivity contribution in [1.29, 1.82) is 0 Å². The Bertz CT molecular complexity index is 241. The lowest BCUT2D eigenvalue weighted by atomic mass is 10.0. The van der Waals surface area contributed by atoms with Crippen molar-refractivity contribution >= 4 is 11.9 Å². The summed E-state index contributed by atoms with van der Waals surface area (Å²) in [6.45, 7) is 5.61. The molecule has 0 aromatic heterocycles. The van der Waals surface area contributed by atoms with E-state index in [0.29, 0.717) is 6.42 Å². The van der Waals surface area contributed by atoms with Crippen LogP contribution in [0.1, 0.15) is 27.2 Å². The summed E-state index contributed by atoms with van der Waals surface area (Å²) in [5.41, 5.74) is 4.98. The van der Waals surface area contributed by atoms with Crippen LogP contribution in [0, 0.1) is 5.92 Å². The van der Waals surface area contributed by atoms with E-state index in [4.69, 9.17) is 10.8 Å². The molecular formula is C10H21N3O3. The average Bonchev–Trinajstić information content (AvgIpc) is 2.11. The van der Waals surface area contributed by atoms with E-state index in [1.165, 1.54) is 0 Å². The molecule has 0 aromatic rings. The number of urea groups is 1. The molecule has 16 heavy (non-hydrogen) atoms. The van der Waals surface area contributed by atoms with Gasteiger partial charge < -0.3 is 21.5 Å². The number of hydrogen-bond donors (Lipinski definition) is 4. The van der Waals surface area contributed by atoms with Crippen molar-refractivity contribution in [2.45, 2.75) is 39.3 Å². The van der Waals surface area contributed by atoms with E-state index >= 15 is 0 Å². The van der Waals surface area contributed by atoms with Crippen molar-refractivity contribution in [1.82, 2.24) is 10.6 Å². The monoisotopic (exact) mass is 231 g/mol. The smallest absolute Gasteiger partial charge is 0.312 e. The lowest BCUT2D eigenvalue weighted by molar-refractivity contribution is -0.123. The van der Waals surface area contributed by atoms with Gasteiger partial charge in [0.1, 0.15) is 6.04 Å². The first kappa shape index (κ1) is 14.7. The van der Waals surface area contributed by atoms with Gasteiger partial charge in [0.25, 0.3) is 0 Å². The zero-order chi connectivity index (χ0) is 12.7. The van der Waals surface area contributed by atoms with Crippen molar-refractivity contribution in [3.63, 3.8) is 0 Å². The highest BCUT2D eigenvalue weighted by molar-refractivity contribution is 5.86. The van der Waals surface area contributed by atoms with Crippen molar-refractivity contribution in [2.24, 2.45) is 11.7 Å². The largest absolute Gasteiger partial charge is 0.392 e. The quantitative estimate of drug-likeness (QED) is 0.498. The maximum Gasteiger partial charge on any atom is 0.312 e. The normalized spacial score (nSPS) is 14.3. The van der Waals surface area contributed by atoms with Crippen LogP contribution in [0.4, 0.5) is 4.79 Å². The molecule has 0 heterocycles. The second-order valence-electron chi connectivity index (χ2n) is 4.28. The standard InChI is InChI=1S/C10H21N3O3/c1-6(2)4-8(13-10(11)16)9(15)12-5-7(3)14/h6-8,14H,4-5H2,1-3H3,(H,12,15)(H3,11,13,16). The third-order valence-electron chi connectivity index (χ3n) is 1.91. The summed E-state index contributed by atoms with van der Waals surface area (Å²) in [7, 11) is 0. The molecule has 0 radical (unpaired) electrons. The molecule has 6 nitrogen and oxygen atoms in total. The number of carbonyl (C=O) groups is 2. The third-order valence-corrected chi connectivity index (χ3v) is 1.91. The first-order chi connectivity index (χ1) is 7.32. The van der Waals surface area contributed by atoms with Gasteiger partial charge in [-0.3, -0.25) is 4.79 Å². The first-order valence-electron chi connectivity index (χ1n) is 5.34. The van der Waals surface area contributed by atoms with Crippen LogP contribution in [0.25, 0.3) is 0 Å². The van der Waals surface area contributed by atoms with Gasteiger partial charge in [0.15, 0.2) is 0 Å². The van der Waals surface area contributed by atoms with Crippen molar-refractivity contribution in [3.8, 4) is 0 Å². The minimum atomic E-state index is -0.724. The minimum absolute atomic E-state index is 0.161. The molecule has 0 aliphatic carbocycles. The van der Waals surface area contributed by atoms with Gasteiger partial charge in [-0.05, 0) is 19.3 Å². The molecule has 0 saturated carbocycles. The zero-order valence-electron chi connectivity index (χ0n) is 9.99. The van der Waals surface area contributed by atoms with Crippen LogP contribution >= 0.6 is 0 Å². The Hall–Kier alpha value is -1.30. The minimum Gasteiger partial charge on any atom is -0.392 e. The molecule has 2 unspecified atom stereocenters. The van der Waals surface area contributed by atoms with Crippen LogP contribution in [-0.2, 0) is 4.79 Å². The summed E-state index contributed by atoms with van der Waals surface area (Å²) in [5, 5.41) is 13.9. The van der Waals surface area contributed by atoms with E-state index in [9.17, 15) is 9.59 Å². The molecule has 2 atom stereocenters. The summed E-state index contributed by atoms with van der Waals surface area (Å²) in [4.78, 5) is 22.3. The maximum absolute atomic E-state index is 11.6. The highest BCUT2D eigenvalue weighted by Gasteiger charge is 2.20. The second-order valence-corrected chi connectivity index (χ2v) is 4.28. The van der Waals surface area contributed by atoms with Gasteiger partial charge in [-0.2, -0.15) is 0 Å². The first-order valence-corrected chi connectivity index (χ1v) is 5.34. The van der Waals surface area contributed by atoms with E-state index in [-0.39, 0.29) is 18.4 Å². The highest BCUT2D eigenvalue weighted by atomic mass is 16.3. The number of carbonyl (C=O) groups excluding carboxylic acids is 2. The molecular weight excluding hydrogens is 210 g/mol. The Morgan fingerprint density at radius 3 is 2.25 bits per heavy atom. The fourth-order valence-electron chi connectivity index (χ4n) is 1.25. The number of aliphatic hydroxyl groups is 1. The van der Waals surface area contributed by atoms with Crippen molar-refractivity contribution in [3.05, 3.63) is 0 Å². The predicted octanol–water partition coefficient (Wildman–Crippen LogP) is -0.434. The van der Waals surface area contributed by atoms with Crippen LogP contribution in [0.2, 0.25) is 0 Å². The van der Waals surface area contributed by atoms with Gasteiger partial charge in [-0.1, -0.05) is 13.8 Å². The number of amides is 3. The Morgan fingerprint density at radius 2 is 1.88 bits per heavy atom. The van der Waals surface area contributed by atoms with Gasteiger partial charge in [0.2, 0.25) is 5.91 Å². The molecule has 0 aliphatic rings. The van der Waals surface area contributed by atoms with Crippen LogP contribution < -0.4 is 16.4 Å². The van der Waals surface area contributed by atoms with Gasteiger partial charge in [0.05, 0.1) is 6.10 Å². The number of hydrogen-bond acceptors (Lipinski definition) is 3. The van der Waals surface area contributed by atoms with E-state index < -0.39 is 18.2 Å². The van der Waals surface area contributed by atoms with Crippen molar-refractivity contribution < 1.29 is 14.7 Å². The number of primary amides is 1. The molecule has 0 aromatic carbocycles. The zero-order valence-corrected chi connectivity index (χ0v) is 9.99. The Labute approximate surface area is 95.6 Å². The molecule has 5 N–H and O–H groups in total. The number of nitrogens with one attached hydrogen (secondary N) is 2. The maximum atomic E-state index is 11.6. The topological polar surface area (TPSA) is 104 Å². The van der Waals surface area contributed by atoms with Crippen LogP contribution in [0.3, 0.4) is 0 Å². The highest BCUT2D eigenvalue weighted by Crippen LogP contribution is 2.04. The van der Waals surface area contributed by atoms with Crippen LogP contribution in [-0.4, -0.2) is 35.7 Å². The molecule has 3 amide bonds. The molecule has 6 heteroatoms. The van der Waals surface area contributed by atoms with E-state index in [0.717, 1.165) is 0 Å². The fourth-order valence-corrected chi connectivity index (χ4v) is 1.25. The fraction of sp³-hybridized carbons (Fsp3) is 0.800. The van der Waals surface area contributed by atoms with Gasteiger partial charge in [0, 0.05) is 6.54 Å². The predicted molar refractivity (Wildman–Crippen MR) is 60.7 cm³/mol. The van der Waals surface area contributed by atoms with Crippen LogP contribution in [0.5, 0.6) is 0 Å². The average molecular weight is 231 g/mol. The molecule has 0 rings (SSSR count). The molecule has 0 bridgehead atoms. The molecule has 0 spiro atoms. The van der Waals surface area contributed by atoms with Gasteiger partial charge >= 0.3 is 6.03 Å². The summed E-state index contributed by atoms with van der Waals surface area (Å²) < 4.78 is 0. The van der Waals surface area contributed by atoms with E-state index in [1.807, 2.05) is 13.8 Å². The van der Waals surface area contributed by atoms with Crippen molar-refractivity contribution in [2.75, 3.05) is 6.54 Å². The second kappa shape index (κ2) is 7.05. The molecule has 0 saturated heterocycles. The number of aliphatic hydroxyl groups excluding tert-OH is 1. The molecule has 0 fully saturated rings. The Morgan fingerprint density at radius 1 is 1.31 bits per heavy atom. The Balaban J connectivity index is 4.26. The lowest BCUT2D eigenvalue weighted by Gasteiger charge is -2.19. The SMILES string of the molecule is CC(C)CC(NC(N)=O)C(=O)NCC(C)O. The number of rotatable bonds is 6. The molecule has 0 aliphatic heterocycles. The lowest BCUT2D eigenvalue weighted by Crippen LogP contribution is -2.50. The van der Waals surface area contributed by atoms with Crippen LogP contribution in [0.15, 0.2) is 0 Å². The van der Waals surface area contributed by atoms with Gasteiger partial charge in [-0.25, -0.2) is 4.79 Å². The summed E-state index contributed by atoms with van der Waals surface area (Å²) in [6, 6.07) is -1.37.